The van der Waals surface area contributed by atoms with Crippen molar-refractivity contribution in [1.29, 1.82) is 0 Å². The van der Waals surface area contributed by atoms with E-state index in [9.17, 15) is 4.79 Å². The third kappa shape index (κ3) is 4.40. The number of anilines is 1. The van der Waals surface area contributed by atoms with Crippen molar-refractivity contribution in [2.75, 3.05) is 24.6 Å². The standard InChI is InChI=1S/C12H17N3O3/c1-3-7-15(9-11(16)17)12-13-6-5-10(14-12)18-8-4-2/h3,5-6H,1,4,7-9H2,2H3,(H,16,17). The molecule has 0 atom stereocenters. The number of carbonyl (C=O) groups is 1. The summed E-state index contributed by atoms with van der Waals surface area (Å²) >= 11 is 0. The van der Waals surface area contributed by atoms with E-state index in [4.69, 9.17) is 9.84 Å². The first-order valence-electron chi connectivity index (χ1n) is 5.70. The maximum atomic E-state index is 10.8. The largest absolute Gasteiger partial charge is 0.480 e. The fraction of sp³-hybridized carbons (Fsp3) is 0.417. The summed E-state index contributed by atoms with van der Waals surface area (Å²) in [5, 5.41) is 8.82. The van der Waals surface area contributed by atoms with E-state index in [-0.39, 0.29) is 6.54 Å². The Kier molecular flexibility index (Phi) is 5.63. The van der Waals surface area contributed by atoms with E-state index in [0.717, 1.165) is 6.42 Å². The zero-order valence-corrected chi connectivity index (χ0v) is 10.4. The van der Waals surface area contributed by atoms with Crippen LogP contribution in [0, 0.1) is 0 Å². The molecule has 0 unspecified atom stereocenters. The van der Waals surface area contributed by atoms with E-state index in [1.165, 1.54) is 4.90 Å². The third-order valence-corrected chi connectivity index (χ3v) is 2.03. The van der Waals surface area contributed by atoms with Gasteiger partial charge in [-0.1, -0.05) is 13.0 Å². The van der Waals surface area contributed by atoms with Gasteiger partial charge in [-0.2, -0.15) is 4.98 Å². The van der Waals surface area contributed by atoms with Gasteiger partial charge >= 0.3 is 5.97 Å². The van der Waals surface area contributed by atoms with Gasteiger partial charge in [0.2, 0.25) is 11.8 Å². The summed E-state index contributed by atoms with van der Waals surface area (Å²) in [6.07, 6.45) is 4.03. The minimum atomic E-state index is -0.944. The van der Waals surface area contributed by atoms with Crippen molar-refractivity contribution in [1.82, 2.24) is 9.97 Å². The number of ether oxygens (including phenoxy) is 1. The van der Waals surface area contributed by atoms with Crippen LogP contribution in [0.1, 0.15) is 13.3 Å². The number of carboxylic acid groups (broad SMARTS) is 1. The van der Waals surface area contributed by atoms with Gasteiger partial charge in [0, 0.05) is 18.8 Å². The van der Waals surface area contributed by atoms with E-state index in [0.29, 0.717) is 25.0 Å². The maximum Gasteiger partial charge on any atom is 0.323 e. The molecule has 0 saturated heterocycles. The Morgan fingerprint density at radius 1 is 1.67 bits per heavy atom. The fourth-order valence-electron chi connectivity index (χ4n) is 1.31. The quantitative estimate of drug-likeness (QED) is 0.703. The molecule has 0 radical (unpaired) electrons. The lowest BCUT2D eigenvalue weighted by molar-refractivity contribution is -0.135. The van der Waals surface area contributed by atoms with Gasteiger partial charge in [-0.05, 0) is 6.42 Å². The number of carboxylic acids is 1. The van der Waals surface area contributed by atoms with Gasteiger partial charge in [-0.15, -0.1) is 6.58 Å². The van der Waals surface area contributed by atoms with Crippen LogP contribution in [0.4, 0.5) is 5.95 Å². The van der Waals surface area contributed by atoms with Crippen LogP contribution in [-0.4, -0.2) is 40.7 Å². The number of hydrogen-bond acceptors (Lipinski definition) is 5. The Hall–Kier alpha value is -2.11. The Labute approximate surface area is 106 Å². The van der Waals surface area contributed by atoms with Gasteiger partial charge in [0.05, 0.1) is 6.61 Å². The highest BCUT2D eigenvalue weighted by Gasteiger charge is 2.12. The molecule has 1 rings (SSSR count). The molecule has 0 aliphatic carbocycles. The second-order valence-corrected chi connectivity index (χ2v) is 3.61. The summed E-state index contributed by atoms with van der Waals surface area (Å²) in [4.78, 5) is 20.5. The third-order valence-electron chi connectivity index (χ3n) is 2.03. The van der Waals surface area contributed by atoms with Crippen molar-refractivity contribution in [3.8, 4) is 5.88 Å². The predicted molar refractivity (Wildman–Crippen MR) is 67.9 cm³/mol. The van der Waals surface area contributed by atoms with Gasteiger partial charge in [-0.25, -0.2) is 4.98 Å². The van der Waals surface area contributed by atoms with Crippen LogP contribution in [0.3, 0.4) is 0 Å². The number of aliphatic carboxylic acids is 1. The van der Waals surface area contributed by atoms with Crippen molar-refractivity contribution >= 4 is 11.9 Å². The Balaban J connectivity index is 2.82. The summed E-state index contributed by atoms with van der Waals surface area (Å²) in [7, 11) is 0. The fourth-order valence-corrected chi connectivity index (χ4v) is 1.31. The lowest BCUT2D eigenvalue weighted by Gasteiger charge is -2.18. The van der Waals surface area contributed by atoms with Crippen LogP contribution in [0.5, 0.6) is 5.88 Å². The van der Waals surface area contributed by atoms with Crippen molar-refractivity contribution in [3.63, 3.8) is 0 Å². The molecular weight excluding hydrogens is 234 g/mol. The zero-order chi connectivity index (χ0) is 13.4. The molecule has 1 N–H and O–H groups in total. The average molecular weight is 251 g/mol. The molecule has 6 nitrogen and oxygen atoms in total. The molecule has 0 aromatic carbocycles. The van der Waals surface area contributed by atoms with Crippen LogP contribution in [0.2, 0.25) is 0 Å². The molecule has 0 aliphatic heterocycles. The molecule has 6 heteroatoms. The topological polar surface area (TPSA) is 75.6 Å². The molecule has 1 aromatic rings. The minimum absolute atomic E-state index is 0.177. The van der Waals surface area contributed by atoms with Gasteiger partial charge in [0.25, 0.3) is 0 Å². The monoisotopic (exact) mass is 251 g/mol. The zero-order valence-electron chi connectivity index (χ0n) is 10.4. The second kappa shape index (κ2) is 7.26. The summed E-state index contributed by atoms with van der Waals surface area (Å²) < 4.78 is 5.38. The van der Waals surface area contributed by atoms with Crippen LogP contribution in [0.25, 0.3) is 0 Å². The molecule has 18 heavy (non-hydrogen) atoms. The minimum Gasteiger partial charge on any atom is -0.480 e. The lowest BCUT2D eigenvalue weighted by Crippen LogP contribution is -2.31. The first-order valence-corrected chi connectivity index (χ1v) is 5.70. The van der Waals surface area contributed by atoms with Crippen molar-refractivity contribution in [3.05, 3.63) is 24.9 Å². The highest BCUT2D eigenvalue weighted by molar-refractivity contribution is 5.72. The molecule has 0 fully saturated rings. The number of aromatic nitrogens is 2. The normalized spacial score (nSPS) is 9.83. The van der Waals surface area contributed by atoms with Crippen molar-refractivity contribution < 1.29 is 14.6 Å². The molecule has 1 aromatic heterocycles. The van der Waals surface area contributed by atoms with Crippen molar-refractivity contribution in [2.24, 2.45) is 0 Å². The summed E-state index contributed by atoms with van der Waals surface area (Å²) in [5.74, 6) is -0.174. The molecule has 0 aliphatic rings. The van der Waals surface area contributed by atoms with Crippen LogP contribution >= 0.6 is 0 Å². The molecule has 0 saturated carbocycles. The van der Waals surface area contributed by atoms with E-state index < -0.39 is 5.97 Å². The van der Waals surface area contributed by atoms with E-state index >= 15 is 0 Å². The Morgan fingerprint density at radius 3 is 3.06 bits per heavy atom. The summed E-state index contributed by atoms with van der Waals surface area (Å²) in [6.45, 7) is 6.33. The molecule has 98 valence electrons. The van der Waals surface area contributed by atoms with Crippen LogP contribution in [-0.2, 0) is 4.79 Å². The van der Waals surface area contributed by atoms with E-state index in [2.05, 4.69) is 16.5 Å². The van der Waals surface area contributed by atoms with Crippen LogP contribution in [0.15, 0.2) is 24.9 Å². The number of rotatable bonds is 8. The summed E-state index contributed by atoms with van der Waals surface area (Å²) in [6, 6.07) is 1.64. The molecule has 1 heterocycles. The number of nitrogens with zero attached hydrogens (tertiary/aromatic N) is 3. The second-order valence-electron chi connectivity index (χ2n) is 3.61. The molecule has 0 bridgehead atoms. The Bertz CT molecular complexity index is 409. The van der Waals surface area contributed by atoms with Gasteiger partial charge in [0.15, 0.2) is 0 Å². The van der Waals surface area contributed by atoms with E-state index in [1.807, 2.05) is 6.92 Å². The Morgan fingerprint density at radius 2 is 2.44 bits per heavy atom. The van der Waals surface area contributed by atoms with Gasteiger partial charge in [-0.3, -0.25) is 4.79 Å². The molecule has 0 amide bonds. The van der Waals surface area contributed by atoms with Gasteiger partial charge < -0.3 is 14.7 Å². The maximum absolute atomic E-state index is 10.8. The van der Waals surface area contributed by atoms with Crippen molar-refractivity contribution in [2.45, 2.75) is 13.3 Å². The highest BCUT2D eigenvalue weighted by atomic mass is 16.5. The summed E-state index contributed by atoms with van der Waals surface area (Å²) in [5.41, 5.74) is 0. The predicted octanol–water partition coefficient (Wildman–Crippen LogP) is 1.34. The van der Waals surface area contributed by atoms with Gasteiger partial charge in [0.1, 0.15) is 6.54 Å². The highest BCUT2D eigenvalue weighted by Crippen LogP contribution is 2.12. The van der Waals surface area contributed by atoms with Crippen LogP contribution < -0.4 is 9.64 Å². The SMILES string of the molecule is C=CCN(CC(=O)O)c1nccc(OCCC)n1. The first-order chi connectivity index (χ1) is 8.67. The molecular formula is C12H17N3O3. The molecule has 0 spiro atoms. The lowest BCUT2D eigenvalue weighted by atomic mass is 10.4. The first kappa shape index (κ1) is 14.0. The number of hydrogen-bond donors (Lipinski definition) is 1. The smallest absolute Gasteiger partial charge is 0.323 e. The van der Waals surface area contributed by atoms with E-state index in [1.54, 1.807) is 18.3 Å². The average Bonchev–Trinajstić information content (AvgIpc) is 2.36.